The van der Waals surface area contributed by atoms with Crippen molar-refractivity contribution in [1.29, 1.82) is 0 Å². The number of nitrogens with zero attached hydrogens (tertiary/aromatic N) is 1. The van der Waals surface area contributed by atoms with E-state index in [2.05, 4.69) is 5.32 Å². The van der Waals surface area contributed by atoms with Crippen LogP contribution in [-0.4, -0.2) is 53.2 Å². The number of benzene rings is 1. The molecule has 4 nitrogen and oxygen atoms in total. The number of amides is 1. The van der Waals surface area contributed by atoms with Gasteiger partial charge >= 0.3 is 0 Å². The maximum absolute atomic E-state index is 12.4. The van der Waals surface area contributed by atoms with Crippen molar-refractivity contribution in [3.8, 4) is 0 Å². The summed E-state index contributed by atoms with van der Waals surface area (Å²) in [4.78, 5) is 14.1. The molecule has 0 radical (unpaired) electrons. The summed E-state index contributed by atoms with van der Waals surface area (Å²) in [6, 6.07) is 9.94. The van der Waals surface area contributed by atoms with Gasteiger partial charge in [0.15, 0.2) is 0 Å². The molecule has 1 saturated heterocycles. The van der Waals surface area contributed by atoms with Gasteiger partial charge in [-0.2, -0.15) is 0 Å². The van der Waals surface area contributed by atoms with E-state index in [0.29, 0.717) is 24.1 Å². The maximum Gasteiger partial charge on any atom is 0.232 e. The number of hydrogen-bond donors (Lipinski definition) is 2. The minimum atomic E-state index is 0.0105. The van der Waals surface area contributed by atoms with Crippen molar-refractivity contribution in [2.24, 2.45) is 0 Å². The Morgan fingerprint density at radius 3 is 2.67 bits per heavy atom. The normalized spacial score (nSPS) is 15.9. The van der Waals surface area contributed by atoms with Crippen LogP contribution < -0.4 is 5.32 Å². The average Bonchev–Trinajstić information content (AvgIpc) is 2.54. The van der Waals surface area contributed by atoms with Gasteiger partial charge in [0, 0.05) is 18.3 Å². The smallest absolute Gasteiger partial charge is 0.232 e. The molecule has 1 heterocycles. The van der Waals surface area contributed by atoms with Gasteiger partial charge in [-0.3, -0.25) is 4.79 Å². The lowest BCUT2D eigenvalue weighted by molar-refractivity contribution is -0.129. The van der Waals surface area contributed by atoms with Crippen molar-refractivity contribution in [2.45, 2.75) is 24.6 Å². The number of hydrogen-bond acceptors (Lipinski definition) is 4. The molecular weight excluding hydrogens is 284 g/mol. The highest BCUT2D eigenvalue weighted by molar-refractivity contribution is 8.00. The SMILES string of the molecule is O=C(CSC1CCNCC1)N(CCO)Cc1ccccc1. The number of carbonyl (C=O) groups is 1. The van der Waals surface area contributed by atoms with Crippen LogP contribution in [0.5, 0.6) is 0 Å². The van der Waals surface area contributed by atoms with Crippen molar-refractivity contribution in [2.75, 3.05) is 32.0 Å². The Morgan fingerprint density at radius 1 is 1.29 bits per heavy atom. The first-order valence-electron chi connectivity index (χ1n) is 7.54. The fourth-order valence-corrected chi connectivity index (χ4v) is 3.59. The lowest BCUT2D eigenvalue weighted by Crippen LogP contribution is -2.35. The van der Waals surface area contributed by atoms with Gasteiger partial charge < -0.3 is 15.3 Å². The molecule has 1 fully saturated rings. The Morgan fingerprint density at radius 2 is 2.00 bits per heavy atom. The van der Waals surface area contributed by atoms with E-state index in [1.807, 2.05) is 30.3 Å². The van der Waals surface area contributed by atoms with E-state index >= 15 is 0 Å². The molecule has 1 aliphatic rings. The largest absolute Gasteiger partial charge is 0.395 e. The summed E-state index contributed by atoms with van der Waals surface area (Å²) in [7, 11) is 0. The predicted molar refractivity (Wildman–Crippen MR) is 87.3 cm³/mol. The summed E-state index contributed by atoms with van der Waals surface area (Å²) in [6.07, 6.45) is 2.27. The summed E-state index contributed by atoms with van der Waals surface area (Å²) in [6.45, 7) is 3.09. The number of carbonyl (C=O) groups excluding carboxylic acids is 1. The van der Waals surface area contributed by atoms with Crippen LogP contribution in [0.2, 0.25) is 0 Å². The highest BCUT2D eigenvalue weighted by atomic mass is 32.2. The minimum absolute atomic E-state index is 0.0105. The molecule has 1 aromatic rings. The van der Waals surface area contributed by atoms with E-state index in [9.17, 15) is 9.90 Å². The average molecular weight is 308 g/mol. The van der Waals surface area contributed by atoms with Crippen LogP contribution in [0.25, 0.3) is 0 Å². The second-order valence-corrected chi connectivity index (χ2v) is 6.57. The first-order valence-corrected chi connectivity index (χ1v) is 8.59. The minimum Gasteiger partial charge on any atom is -0.395 e. The number of aliphatic hydroxyl groups excluding tert-OH is 1. The third-order valence-corrected chi connectivity index (χ3v) is 5.02. The van der Waals surface area contributed by atoms with Gasteiger partial charge in [-0.25, -0.2) is 0 Å². The fraction of sp³-hybridized carbons (Fsp3) is 0.562. The number of piperidine rings is 1. The van der Waals surface area contributed by atoms with Crippen LogP contribution in [0.3, 0.4) is 0 Å². The van der Waals surface area contributed by atoms with Crippen LogP contribution in [0.15, 0.2) is 30.3 Å². The zero-order chi connectivity index (χ0) is 14.9. The number of rotatable bonds is 7. The standard InChI is InChI=1S/C16H24N2O2S/c19-11-10-18(12-14-4-2-1-3-5-14)16(20)13-21-15-6-8-17-9-7-15/h1-5,15,17,19H,6-13H2. The highest BCUT2D eigenvalue weighted by Gasteiger charge is 2.18. The zero-order valence-corrected chi connectivity index (χ0v) is 13.1. The molecule has 2 rings (SSSR count). The van der Waals surface area contributed by atoms with E-state index in [1.54, 1.807) is 16.7 Å². The van der Waals surface area contributed by atoms with E-state index in [4.69, 9.17) is 0 Å². The molecule has 116 valence electrons. The lowest BCUT2D eigenvalue weighted by Gasteiger charge is -2.25. The quantitative estimate of drug-likeness (QED) is 0.801. The molecule has 1 amide bonds. The van der Waals surface area contributed by atoms with E-state index < -0.39 is 0 Å². The van der Waals surface area contributed by atoms with Crippen molar-refractivity contribution in [1.82, 2.24) is 10.2 Å². The third kappa shape index (κ3) is 5.69. The molecule has 0 aromatic heterocycles. The van der Waals surface area contributed by atoms with Crippen molar-refractivity contribution >= 4 is 17.7 Å². The summed E-state index contributed by atoms with van der Waals surface area (Å²) >= 11 is 1.76. The predicted octanol–water partition coefficient (Wildman–Crippen LogP) is 1.49. The van der Waals surface area contributed by atoms with Gasteiger partial charge in [0.1, 0.15) is 0 Å². The van der Waals surface area contributed by atoms with Gasteiger partial charge in [-0.15, -0.1) is 11.8 Å². The third-order valence-electron chi connectivity index (χ3n) is 3.67. The molecule has 0 unspecified atom stereocenters. The van der Waals surface area contributed by atoms with Crippen LogP contribution >= 0.6 is 11.8 Å². The Labute approximate surface area is 130 Å². The highest BCUT2D eigenvalue weighted by Crippen LogP contribution is 2.20. The van der Waals surface area contributed by atoms with Crippen LogP contribution in [-0.2, 0) is 11.3 Å². The topological polar surface area (TPSA) is 52.6 Å². The summed E-state index contributed by atoms with van der Waals surface area (Å²) in [5, 5.41) is 13.1. The van der Waals surface area contributed by atoms with Crippen molar-refractivity contribution in [3.63, 3.8) is 0 Å². The molecule has 21 heavy (non-hydrogen) atoms. The monoisotopic (exact) mass is 308 g/mol. The first kappa shape index (κ1) is 16.3. The fourth-order valence-electron chi connectivity index (χ4n) is 2.46. The Balaban J connectivity index is 1.83. The summed E-state index contributed by atoms with van der Waals surface area (Å²) < 4.78 is 0. The number of aliphatic hydroxyl groups is 1. The summed E-state index contributed by atoms with van der Waals surface area (Å²) in [5.41, 5.74) is 1.10. The second-order valence-electron chi connectivity index (χ2n) is 5.28. The van der Waals surface area contributed by atoms with Crippen LogP contribution in [0.1, 0.15) is 18.4 Å². The Kier molecular flexibility index (Phi) is 7.06. The van der Waals surface area contributed by atoms with Crippen molar-refractivity contribution < 1.29 is 9.90 Å². The molecule has 1 aromatic carbocycles. The Bertz CT molecular complexity index is 422. The van der Waals surface area contributed by atoms with Gasteiger partial charge in [0.05, 0.1) is 12.4 Å². The maximum atomic E-state index is 12.4. The van der Waals surface area contributed by atoms with Gasteiger partial charge in [0.25, 0.3) is 0 Å². The molecule has 0 atom stereocenters. The van der Waals surface area contributed by atoms with E-state index in [0.717, 1.165) is 31.5 Å². The summed E-state index contributed by atoms with van der Waals surface area (Å²) in [5.74, 6) is 0.633. The number of thioether (sulfide) groups is 1. The Hall–Kier alpha value is -1.04. The molecule has 0 bridgehead atoms. The van der Waals surface area contributed by atoms with Gasteiger partial charge in [-0.1, -0.05) is 30.3 Å². The molecule has 0 aliphatic carbocycles. The number of nitrogens with one attached hydrogen (secondary N) is 1. The van der Waals surface area contributed by atoms with Crippen LogP contribution in [0.4, 0.5) is 0 Å². The zero-order valence-electron chi connectivity index (χ0n) is 12.3. The lowest BCUT2D eigenvalue weighted by atomic mass is 10.2. The molecule has 2 N–H and O–H groups in total. The second kappa shape index (κ2) is 9.07. The van der Waals surface area contributed by atoms with Gasteiger partial charge in [0.2, 0.25) is 5.91 Å². The van der Waals surface area contributed by atoms with E-state index in [-0.39, 0.29) is 12.5 Å². The van der Waals surface area contributed by atoms with Crippen LogP contribution in [0, 0.1) is 0 Å². The first-order chi connectivity index (χ1) is 10.3. The molecule has 0 spiro atoms. The van der Waals surface area contributed by atoms with E-state index in [1.165, 1.54) is 0 Å². The molecule has 5 heteroatoms. The molecular formula is C16H24N2O2S. The molecule has 1 aliphatic heterocycles. The molecule has 0 saturated carbocycles. The van der Waals surface area contributed by atoms with Gasteiger partial charge in [-0.05, 0) is 31.5 Å². The van der Waals surface area contributed by atoms with Crippen molar-refractivity contribution in [3.05, 3.63) is 35.9 Å².